The van der Waals surface area contributed by atoms with Crippen molar-refractivity contribution in [2.45, 2.75) is 51.7 Å². The van der Waals surface area contributed by atoms with Crippen LogP contribution in [0.15, 0.2) is 30.9 Å². The number of amides is 2. The van der Waals surface area contributed by atoms with Crippen LogP contribution in [0.25, 0.3) is 15.7 Å². The molecule has 0 radical (unpaired) electrons. The molecule has 2 amide bonds. The molecule has 1 aliphatic carbocycles. The molecule has 11 nitrogen and oxygen atoms in total. The molecule has 0 aromatic carbocycles. The van der Waals surface area contributed by atoms with Gasteiger partial charge in [0.2, 0.25) is 5.91 Å². The van der Waals surface area contributed by atoms with E-state index in [1.165, 1.54) is 10.4 Å². The van der Waals surface area contributed by atoms with Crippen molar-refractivity contribution in [2.75, 3.05) is 25.5 Å². The Hall–Kier alpha value is -3.93. The van der Waals surface area contributed by atoms with Crippen molar-refractivity contribution in [1.29, 1.82) is 0 Å². The maximum atomic E-state index is 13.3. The van der Waals surface area contributed by atoms with Gasteiger partial charge in [-0.25, -0.2) is 19.3 Å². The van der Waals surface area contributed by atoms with Crippen LogP contribution < -0.4 is 15.4 Å². The standard InChI is InChI=1S/C27H31N7O4S/c1-27(2,3)38-26(36)31-16-12-33(13-16)25(35)15-5-6-17-20(11-15)39-24-21(17)23(28-14-29-24)32-18-8-10-34-19(7-9-30-34)22(18)37-4/h7-10,14-16H,5-6,11-13H2,1-4H3,(H,31,36)(H,28,29,32). The quantitative estimate of drug-likeness (QED) is 0.384. The Balaban J connectivity index is 1.16. The maximum absolute atomic E-state index is 13.3. The lowest BCUT2D eigenvalue weighted by molar-refractivity contribution is -0.140. The second-order valence-electron chi connectivity index (χ2n) is 11.0. The van der Waals surface area contributed by atoms with E-state index in [2.05, 4.69) is 25.7 Å². The van der Waals surface area contributed by atoms with E-state index in [0.29, 0.717) is 25.3 Å². The number of aryl methyl sites for hydroxylation is 1. The van der Waals surface area contributed by atoms with Crippen molar-refractivity contribution in [2.24, 2.45) is 5.92 Å². The molecule has 204 valence electrons. The first-order valence-electron chi connectivity index (χ1n) is 13.0. The van der Waals surface area contributed by atoms with Gasteiger partial charge in [0.15, 0.2) is 5.75 Å². The summed E-state index contributed by atoms with van der Waals surface area (Å²) in [6, 6.07) is 3.74. The van der Waals surface area contributed by atoms with Gasteiger partial charge in [-0.05, 0) is 57.7 Å². The summed E-state index contributed by atoms with van der Waals surface area (Å²) < 4.78 is 12.8. The van der Waals surface area contributed by atoms with Crippen molar-refractivity contribution in [1.82, 2.24) is 29.8 Å². The van der Waals surface area contributed by atoms with E-state index >= 15 is 0 Å². The molecule has 0 spiro atoms. The highest BCUT2D eigenvalue weighted by molar-refractivity contribution is 7.19. The number of hydrogen-bond acceptors (Lipinski definition) is 9. The van der Waals surface area contributed by atoms with Crippen LogP contribution in [0.5, 0.6) is 5.75 Å². The minimum atomic E-state index is -0.549. The number of anilines is 2. The van der Waals surface area contributed by atoms with E-state index in [1.807, 2.05) is 44.0 Å². The van der Waals surface area contributed by atoms with Crippen LogP contribution in [-0.4, -0.2) is 68.3 Å². The summed E-state index contributed by atoms with van der Waals surface area (Å²) in [6.07, 6.45) is 6.95. The molecule has 1 aliphatic heterocycles. The first-order chi connectivity index (χ1) is 18.7. The van der Waals surface area contributed by atoms with Crippen molar-refractivity contribution >= 4 is 50.6 Å². The Bertz CT molecular complexity index is 1570. The predicted molar refractivity (Wildman–Crippen MR) is 148 cm³/mol. The van der Waals surface area contributed by atoms with E-state index in [9.17, 15) is 9.59 Å². The molecule has 0 bridgehead atoms. The number of fused-ring (bicyclic) bond motifs is 4. The molecule has 2 aliphatic rings. The van der Waals surface area contributed by atoms with Gasteiger partial charge in [-0.1, -0.05) is 0 Å². The fourth-order valence-corrected chi connectivity index (χ4v) is 6.58. The Morgan fingerprint density at radius 2 is 2.00 bits per heavy atom. The van der Waals surface area contributed by atoms with Crippen LogP contribution in [0, 0.1) is 5.92 Å². The highest BCUT2D eigenvalue weighted by Gasteiger charge is 2.38. The number of ether oxygens (including phenoxy) is 2. The normalized spacial score (nSPS) is 17.5. The Kier molecular flexibility index (Phi) is 6.29. The molecule has 1 unspecified atom stereocenters. The summed E-state index contributed by atoms with van der Waals surface area (Å²) in [5.41, 5.74) is 2.31. The van der Waals surface area contributed by atoms with Crippen LogP contribution in [0.3, 0.4) is 0 Å². The third-order valence-corrected chi connectivity index (χ3v) is 8.26. The summed E-state index contributed by atoms with van der Waals surface area (Å²) in [6.45, 7) is 6.51. The van der Waals surface area contributed by atoms with Crippen molar-refractivity contribution in [3.05, 3.63) is 41.3 Å². The van der Waals surface area contributed by atoms with Gasteiger partial charge in [0, 0.05) is 30.1 Å². The average Bonchev–Trinajstić information content (AvgIpc) is 3.49. The Morgan fingerprint density at radius 3 is 2.77 bits per heavy atom. The molecule has 2 N–H and O–H groups in total. The monoisotopic (exact) mass is 549 g/mol. The zero-order valence-corrected chi connectivity index (χ0v) is 23.2. The second-order valence-corrected chi connectivity index (χ2v) is 12.1. The number of pyridine rings is 1. The zero-order chi connectivity index (χ0) is 27.3. The number of carbonyl (C=O) groups excluding carboxylic acids is 2. The number of aromatic nitrogens is 4. The minimum Gasteiger partial charge on any atom is -0.492 e. The predicted octanol–water partition coefficient (Wildman–Crippen LogP) is 3.93. The van der Waals surface area contributed by atoms with Gasteiger partial charge < -0.3 is 25.0 Å². The van der Waals surface area contributed by atoms with Crippen LogP contribution in [0.1, 0.15) is 37.6 Å². The van der Waals surface area contributed by atoms with Crippen molar-refractivity contribution in [3.8, 4) is 5.75 Å². The summed E-state index contributed by atoms with van der Waals surface area (Å²) >= 11 is 1.63. The van der Waals surface area contributed by atoms with Crippen LogP contribution in [-0.2, 0) is 22.4 Å². The number of rotatable bonds is 5. The molecule has 5 heterocycles. The highest BCUT2D eigenvalue weighted by atomic mass is 32.1. The van der Waals surface area contributed by atoms with Gasteiger partial charge in [0.25, 0.3) is 0 Å². The molecule has 0 saturated carbocycles. The van der Waals surface area contributed by atoms with Gasteiger partial charge in [-0.3, -0.25) is 4.79 Å². The maximum Gasteiger partial charge on any atom is 0.407 e. The summed E-state index contributed by atoms with van der Waals surface area (Å²) in [5, 5.41) is 11.6. The molecule has 4 aromatic heterocycles. The number of nitrogens with one attached hydrogen (secondary N) is 2. The SMILES string of the molecule is COc1c(Nc2ncnc3sc4c(c23)CCC(C(=O)N2CC(NC(=O)OC(C)(C)C)C2)C4)ccn2nccc12. The lowest BCUT2D eigenvalue weighted by Gasteiger charge is -2.41. The number of methoxy groups -OCH3 is 1. The van der Waals surface area contributed by atoms with Gasteiger partial charge in [0.1, 0.15) is 28.1 Å². The molecule has 12 heteroatoms. The van der Waals surface area contributed by atoms with Gasteiger partial charge in [-0.15, -0.1) is 11.3 Å². The van der Waals surface area contributed by atoms with Crippen LogP contribution in [0.4, 0.5) is 16.3 Å². The van der Waals surface area contributed by atoms with E-state index in [4.69, 9.17) is 9.47 Å². The van der Waals surface area contributed by atoms with E-state index in [1.54, 1.807) is 35.5 Å². The smallest absolute Gasteiger partial charge is 0.407 e. The molecule has 1 saturated heterocycles. The average molecular weight is 550 g/mol. The summed E-state index contributed by atoms with van der Waals surface area (Å²) in [7, 11) is 1.64. The zero-order valence-electron chi connectivity index (χ0n) is 22.4. The van der Waals surface area contributed by atoms with Gasteiger partial charge >= 0.3 is 6.09 Å². The molecule has 39 heavy (non-hydrogen) atoms. The van der Waals surface area contributed by atoms with Crippen molar-refractivity contribution in [3.63, 3.8) is 0 Å². The Labute approximate surface area is 229 Å². The van der Waals surface area contributed by atoms with Crippen LogP contribution >= 0.6 is 11.3 Å². The number of hydrogen-bond donors (Lipinski definition) is 2. The first-order valence-corrected chi connectivity index (χ1v) is 13.8. The highest BCUT2D eigenvalue weighted by Crippen LogP contribution is 2.42. The molecular weight excluding hydrogens is 518 g/mol. The molecule has 1 atom stereocenters. The van der Waals surface area contributed by atoms with Gasteiger partial charge in [-0.2, -0.15) is 5.10 Å². The fraction of sp³-hybridized carbons (Fsp3) is 0.444. The summed E-state index contributed by atoms with van der Waals surface area (Å²) in [4.78, 5) is 38.3. The van der Waals surface area contributed by atoms with E-state index in [-0.39, 0.29) is 17.9 Å². The number of thiophene rings is 1. The molecular formula is C27H31N7O4S. The molecule has 1 fully saturated rings. The third kappa shape index (κ3) is 4.84. The number of alkyl carbamates (subject to hydrolysis) is 1. The second kappa shape index (κ2) is 9.67. The minimum absolute atomic E-state index is 0.0741. The van der Waals surface area contributed by atoms with E-state index in [0.717, 1.165) is 40.1 Å². The topological polar surface area (TPSA) is 123 Å². The van der Waals surface area contributed by atoms with E-state index < -0.39 is 11.7 Å². The number of nitrogens with zero attached hydrogens (tertiary/aromatic N) is 5. The lowest BCUT2D eigenvalue weighted by Crippen LogP contribution is -2.62. The van der Waals surface area contributed by atoms with Crippen LogP contribution in [0.2, 0.25) is 0 Å². The fourth-order valence-electron chi connectivity index (χ4n) is 5.31. The first kappa shape index (κ1) is 25.4. The van der Waals surface area contributed by atoms with Crippen molar-refractivity contribution < 1.29 is 19.1 Å². The number of likely N-dealkylation sites (tertiary alicyclic amines) is 1. The largest absolute Gasteiger partial charge is 0.492 e. The Morgan fingerprint density at radius 1 is 1.18 bits per heavy atom. The summed E-state index contributed by atoms with van der Waals surface area (Å²) in [5.74, 6) is 1.47. The molecule has 4 aromatic rings. The molecule has 6 rings (SSSR count). The lowest BCUT2D eigenvalue weighted by atomic mass is 9.86. The van der Waals surface area contributed by atoms with Gasteiger partial charge in [0.05, 0.1) is 30.4 Å². The third-order valence-electron chi connectivity index (χ3n) is 7.10. The number of carbonyl (C=O) groups is 2.